The molecule has 4 atom stereocenters. The van der Waals surface area contributed by atoms with Gasteiger partial charge in [0, 0.05) is 11.5 Å². The summed E-state index contributed by atoms with van der Waals surface area (Å²) < 4.78 is 11.1. The molecule has 1 amide bonds. The number of carbonyl (C=O) groups excluding carboxylic acids is 2. The summed E-state index contributed by atoms with van der Waals surface area (Å²) in [4.78, 5) is 38.2. The number of hydrogen-bond donors (Lipinski definition) is 1. The van der Waals surface area contributed by atoms with E-state index in [1.807, 2.05) is 30.3 Å². The lowest BCUT2D eigenvalue weighted by Crippen LogP contribution is -2.34. The van der Waals surface area contributed by atoms with Crippen LogP contribution in [0.3, 0.4) is 0 Å². The minimum absolute atomic E-state index is 0.133. The molecule has 0 bridgehead atoms. The van der Waals surface area contributed by atoms with E-state index in [9.17, 15) is 19.5 Å². The van der Waals surface area contributed by atoms with E-state index in [-0.39, 0.29) is 13.0 Å². The van der Waals surface area contributed by atoms with Crippen LogP contribution < -0.4 is 0 Å². The Balaban J connectivity index is 1.85. The minimum Gasteiger partial charge on any atom is -0.481 e. The molecule has 1 aromatic rings. The summed E-state index contributed by atoms with van der Waals surface area (Å²) in [5, 5.41) is 9.57. The maximum Gasteiger partial charge on any atom is 0.316 e. The van der Waals surface area contributed by atoms with Crippen molar-refractivity contribution in [1.29, 1.82) is 0 Å². The molecule has 0 aromatic heterocycles. The van der Waals surface area contributed by atoms with E-state index >= 15 is 0 Å². The smallest absolute Gasteiger partial charge is 0.316 e. The van der Waals surface area contributed by atoms with Gasteiger partial charge in [0.1, 0.15) is 11.5 Å². The van der Waals surface area contributed by atoms with Crippen molar-refractivity contribution in [3.63, 3.8) is 0 Å². The van der Waals surface area contributed by atoms with Gasteiger partial charge >= 0.3 is 11.9 Å². The van der Waals surface area contributed by atoms with Crippen LogP contribution in [-0.2, 0) is 23.9 Å². The van der Waals surface area contributed by atoms with Gasteiger partial charge < -0.3 is 19.5 Å². The van der Waals surface area contributed by atoms with E-state index < -0.39 is 47.6 Å². The Morgan fingerprint density at radius 2 is 1.92 bits per heavy atom. The van der Waals surface area contributed by atoms with Crippen molar-refractivity contribution in [2.24, 2.45) is 11.8 Å². The normalized spacial score (nSPS) is 28.1. The van der Waals surface area contributed by atoms with Crippen LogP contribution in [0.1, 0.15) is 39.0 Å². The van der Waals surface area contributed by atoms with E-state index in [4.69, 9.17) is 9.47 Å². The second-order valence-electron chi connectivity index (χ2n) is 7.68. The highest BCUT2D eigenvalue weighted by Gasteiger charge is 2.57. The molecule has 7 heteroatoms. The number of carboxylic acid groups (broad SMARTS) is 1. The van der Waals surface area contributed by atoms with E-state index in [0.29, 0.717) is 0 Å². The zero-order chi connectivity index (χ0) is 19.1. The number of benzene rings is 1. The third kappa shape index (κ3) is 3.44. The van der Waals surface area contributed by atoms with Crippen LogP contribution in [0.2, 0.25) is 0 Å². The Labute approximate surface area is 151 Å². The lowest BCUT2D eigenvalue weighted by Gasteiger charge is -2.24. The average Bonchev–Trinajstić information content (AvgIpc) is 3.07. The van der Waals surface area contributed by atoms with Crippen molar-refractivity contribution < 1.29 is 29.0 Å². The third-order valence-electron chi connectivity index (χ3n) is 4.65. The predicted octanol–water partition coefficient (Wildman–Crippen LogP) is 1.97. The molecule has 3 rings (SSSR count). The van der Waals surface area contributed by atoms with Gasteiger partial charge in [0.05, 0.1) is 19.1 Å². The zero-order valence-electron chi connectivity index (χ0n) is 15.0. The van der Waals surface area contributed by atoms with Crippen LogP contribution in [0.5, 0.6) is 0 Å². The van der Waals surface area contributed by atoms with Gasteiger partial charge in [0.15, 0.2) is 6.23 Å². The quantitative estimate of drug-likeness (QED) is 0.651. The zero-order valence-corrected chi connectivity index (χ0v) is 15.0. The fourth-order valence-electron chi connectivity index (χ4n) is 3.69. The van der Waals surface area contributed by atoms with Crippen LogP contribution in [0.25, 0.3) is 0 Å². The first-order chi connectivity index (χ1) is 12.2. The second kappa shape index (κ2) is 6.72. The first-order valence-corrected chi connectivity index (χ1v) is 8.62. The summed E-state index contributed by atoms with van der Waals surface area (Å²) in [6, 6.07) is 8.72. The number of amides is 1. The molecule has 0 aliphatic carbocycles. The topological polar surface area (TPSA) is 93.1 Å². The minimum atomic E-state index is -1.26. The van der Waals surface area contributed by atoms with Crippen molar-refractivity contribution in [3.8, 4) is 0 Å². The first-order valence-electron chi connectivity index (χ1n) is 8.62. The van der Waals surface area contributed by atoms with E-state index in [1.165, 1.54) is 4.90 Å². The summed E-state index contributed by atoms with van der Waals surface area (Å²) in [5.41, 5.74) is 0.113. The van der Waals surface area contributed by atoms with Crippen LogP contribution in [0, 0.1) is 11.8 Å². The molecule has 2 saturated heterocycles. The third-order valence-corrected chi connectivity index (χ3v) is 4.65. The molecule has 0 radical (unpaired) electrons. The van der Waals surface area contributed by atoms with Gasteiger partial charge in [-0.2, -0.15) is 0 Å². The Morgan fingerprint density at radius 1 is 1.27 bits per heavy atom. The first kappa shape index (κ1) is 18.4. The number of esters is 1. The highest BCUT2D eigenvalue weighted by atomic mass is 16.6. The highest BCUT2D eigenvalue weighted by molar-refractivity contribution is 6.00. The molecule has 26 heavy (non-hydrogen) atoms. The van der Waals surface area contributed by atoms with Gasteiger partial charge in [-0.25, -0.2) is 0 Å². The lowest BCUT2D eigenvalue weighted by molar-refractivity contribution is -0.157. The van der Waals surface area contributed by atoms with Crippen molar-refractivity contribution in [3.05, 3.63) is 35.9 Å². The SMILES string of the molecule is CC(C)(C)OC(=O)C[C@H]1[C@H](C(=O)O)C(=O)N2[C@@H](c3ccccc3)OC[C@H]12. The Kier molecular flexibility index (Phi) is 4.75. The molecule has 0 saturated carbocycles. The van der Waals surface area contributed by atoms with Gasteiger partial charge in [-0.3, -0.25) is 14.4 Å². The molecular weight excluding hydrogens is 338 g/mol. The predicted molar refractivity (Wildman–Crippen MR) is 90.8 cm³/mol. The Bertz CT molecular complexity index is 710. The van der Waals surface area contributed by atoms with Crippen LogP contribution in [0.4, 0.5) is 0 Å². The van der Waals surface area contributed by atoms with Crippen molar-refractivity contribution in [1.82, 2.24) is 4.90 Å². The lowest BCUT2D eigenvalue weighted by atomic mass is 9.87. The molecule has 0 spiro atoms. The van der Waals surface area contributed by atoms with Crippen molar-refractivity contribution in [2.75, 3.05) is 6.61 Å². The number of carbonyl (C=O) groups is 3. The van der Waals surface area contributed by atoms with Gasteiger partial charge in [-0.15, -0.1) is 0 Å². The number of nitrogens with zero attached hydrogens (tertiary/aromatic N) is 1. The highest BCUT2D eigenvalue weighted by Crippen LogP contribution is 2.44. The molecule has 2 aliphatic heterocycles. The van der Waals surface area contributed by atoms with E-state index in [2.05, 4.69) is 0 Å². The van der Waals surface area contributed by atoms with Gasteiger partial charge in [-0.1, -0.05) is 30.3 Å². The second-order valence-corrected chi connectivity index (χ2v) is 7.68. The van der Waals surface area contributed by atoms with E-state index in [0.717, 1.165) is 5.56 Å². The van der Waals surface area contributed by atoms with Crippen molar-refractivity contribution in [2.45, 2.75) is 45.1 Å². The fourth-order valence-corrected chi connectivity index (χ4v) is 3.69. The maximum atomic E-state index is 12.8. The number of hydrogen-bond acceptors (Lipinski definition) is 5. The van der Waals surface area contributed by atoms with Crippen LogP contribution in [0.15, 0.2) is 30.3 Å². The summed E-state index contributed by atoms with van der Waals surface area (Å²) in [6.45, 7) is 5.43. The molecule has 1 aromatic carbocycles. The molecule has 0 unspecified atom stereocenters. The van der Waals surface area contributed by atoms with Crippen molar-refractivity contribution >= 4 is 17.8 Å². The number of carboxylic acids is 1. The molecule has 2 heterocycles. The Morgan fingerprint density at radius 3 is 2.50 bits per heavy atom. The van der Waals surface area contributed by atoms with Gasteiger partial charge in [0.25, 0.3) is 0 Å². The molecule has 1 N–H and O–H groups in total. The molecular formula is C19H23NO6. The summed E-state index contributed by atoms with van der Waals surface area (Å²) in [7, 11) is 0. The number of rotatable bonds is 4. The fraction of sp³-hybridized carbons (Fsp3) is 0.526. The standard InChI is InChI=1S/C19H23NO6/c1-19(2,3)26-14(21)9-12-13-10-25-17(11-7-5-4-6-8-11)20(13)16(22)15(12)18(23)24/h4-8,12-13,15,17H,9-10H2,1-3H3,(H,23,24)/t12-,13-,15+,17-/m1/s1. The largest absolute Gasteiger partial charge is 0.481 e. The number of ether oxygens (including phenoxy) is 2. The Hall–Kier alpha value is -2.41. The molecule has 7 nitrogen and oxygen atoms in total. The van der Waals surface area contributed by atoms with Gasteiger partial charge in [-0.05, 0) is 20.8 Å². The van der Waals surface area contributed by atoms with Gasteiger partial charge in [0.2, 0.25) is 5.91 Å². The van der Waals surface area contributed by atoms with Crippen LogP contribution >= 0.6 is 0 Å². The summed E-state index contributed by atoms with van der Waals surface area (Å²) in [6.07, 6.45) is -0.759. The van der Waals surface area contributed by atoms with Crippen LogP contribution in [-0.4, -0.2) is 46.1 Å². The van der Waals surface area contributed by atoms with E-state index in [1.54, 1.807) is 20.8 Å². The number of fused-ring (bicyclic) bond motifs is 1. The molecule has 2 aliphatic rings. The number of aliphatic carboxylic acids is 1. The summed E-state index contributed by atoms with van der Waals surface area (Å²) in [5.74, 6) is -4.18. The molecule has 2 fully saturated rings. The monoisotopic (exact) mass is 361 g/mol. The molecule has 140 valence electrons. The maximum absolute atomic E-state index is 12.8. The average molecular weight is 361 g/mol. The summed E-state index contributed by atoms with van der Waals surface area (Å²) >= 11 is 0.